The minimum absolute atomic E-state index is 0.0388. The van der Waals surface area contributed by atoms with Crippen LogP contribution in [-0.4, -0.2) is 51.2 Å². The Morgan fingerprint density at radius 1 is 1.38 bits per heavy atom. The molecule has 114 valence electrons. The number of carboxylic acid groups (broad SMARTS) is 1. The van der Waals surface area contributed by atoms with Crippen LogP contribution < -0.4 is 0 Å². The van der Waals surface area contributed by atoms with Gasteiger partial charge in [-0.25, -0.2) is 14.8 Å². The molecule has 0 atom stereocenters. The SMILES string of the molecule is CCN(C)C(=O)CSc1nc(C2CC2)nc(C)c1C(=O)O. The summed E-state index contributed by atoms with van der Waals surface area (Å²) in [7, 11) is 1.72. The number of nitrogens with zero attached hydrogens (tertiary/aromatic N) is 3. The smallest absolute Gasteiger partial charge is 0.340 e. The van der Waals surface area contributed by atoms with Gasteiger partial charge in [0.2, 0.25) is 5.91 Å². The number of carboxylic acids is 1. The lowest BCUT2D eigenvalue weighted by Gasteiger charge is -2.14. The molecule has 0 spiro atoms. The highest BCUT2D eigenvalue weighted by Crippen LogP contribution is 2.39. The van der Waals surface area contributed by atoms with E-state index in [1.54, 1.807) is 18.9 Å². The van der Waals surface area contributed by atoms with Gasteiger partial charge in [0.05, 0.1) is 11.4 Å². The molecule has 1 fully saturated rings. The van der Waals surface area contributed by atoms with Crippen molar-refractivity contribution in [3.05, 3.63) is 17.1 Å². The third kappa shape index (κ3) is 3.72. The number of amides is 1. The van der Waals surface area contributed by atoms with Crippen molar-refractivity contribution < 1.29 is 14.7 Å². The molecule has 1 N–H and O–H groups in total. The van der Waals surface area contributed by atoms with E-state index in [1.807, 2.05) is 6.92 Å². The molecule has 1 heterocycles. The molecule has 0 aromatic carbocycles. The molecular formula is C14H19N3O3S. The Balaban J connectivity index is 2.23. The fourth-order valence-electron chi connectivity index (χ4n) is 1.86. The third-order valence-electron chi connectivity index (χ3n) is 3.46. The Kier molecular flexibility index (Phi) is 4.82. The zero-order valence-corrected chi connectivity index (χ0v) is 13.2. The molecule has 0 unspecified atom stereocenters. The highest BCUT2D eigenvalue weighted by molar-refractivity contribution is 8.00. The molecule has 0 radical (unpaired) electrons. The van der Waals surface area contributed by atoms with Gasteiger partial charge in [0, 0.05) is 19.5 Å². The van der Waals surface area contributed by atoms with Crippen molar-refractivity contribution in [1.29, 1.82) is 0 Å². The zero-order valence-electron chi connectivity index (χ0n) is 12.4. The lowest BCUT2D eigenvalue weighted by atomic mass is 10.2. The maximum atomic E-state index is 11.9. The molecule has 1 amide bonds. The maximum Gasteiger partial charge on any atom is 0.340 e. The molecule has 1 aromatic rings. The van der Waals surface area contributed by atoms with Crippen molar-refractivity contribution in [2.24, 2.45) is 0 Å². The van der Waals surface area contributed by atoms with Gasteiger partial charge in [0.1, 0.15) is 16.4 Å². The Morgan fingerprint density at radius 3 is 2.57 bits per heavy atom. The topological polar surface area (TPSA) is 83.4 Å². The van der Waals surface area contributed by atoms with E-state index in [0.717, 1.165) is 12.8 Å². The van der Waals surface area contributed by atoms with Gasteiger partial charge >= 0.3 is 5.97 Å². The van der Waals surface area contributed by atoms with Crippen LogP contribution in [0.4, 0.5) is 0 Å². The molecule has 7 heteroatoms. The van der Waals surface area contributed by atoms with Crippen molar-refractivity contribution in [2.45, 2.75) is 37.6 Å². The second-order valence-electron chi connectivity index (χ2n) is 5.12. The van der Waals surface area contributed by atoms with Crippen LogP contribution in [0.15, 0.2) is 5.03 Å². The number of hydrogen-bond acceptors (Lipinski definition) is 5. The second-order valence-corrected chi connectivity index (χ2v) is 6.09. The van der Waals surface area contributed by atoms with Gasteiger partial charge in [-0.2, -0.15) is 0 Å². The van der Waals surface area contributed by atoms with E-state index in [2.05, 4.69) is 9.97 Å². The first kappa shape index (κ1) is 15.8. The number of thioether (sulfide) groups is 1. The second kappa shape index (κ2) is 6.43. The van der Waals surface area contributed by atoms with Gasteiger partial charge in [-0.05, 0) is 26.7 Å². The van der Waals surface area contributed by atoms with Crippen LogP contribution in [0.25, 0.3) is 0 Å². The van der Waals surface area contributed by atoms with E-state index in [0.29, 0.717) is 29.0 Å². The summed E-state index contributed by atoms with van der Waals surface area (Å²) < 4.78 is 0. The van der Waals surface area contributed by atoms with E-state index in [1.165, 1.54) is 11.8 Å². The molecule has 2 rings (SSSR count). The third-order valence-corrected chi connectivity index (χ3v) is 4.42. The average Bonchev–Trinajstić information content (AvgIpc) is 3.27. The van der Waals surface area contributed by atoms with E-state index >= 15 is 0 Å². The van der Waals surface area contributed by atoms with Gasteiger partial charge in [0.25, 0.3) is 0 Å². The number of hydrogen-bond donors (Lipinski definition) is 1. The standard InChI is InChI=1S/C14H19N3O3S/c1-4-17(3)10(18)7-21-13-11(14(19)20)8(2)15-12(16-13)9-5-6-9/h9H,4-7H2,1-3H3,(H,19,20). The van der Waals surface area contributed by atoms with Crippen LogP contribution in [0.5, 0.6) is 0 Å². The van der Waals surface area contributed by atoms with Gasteiger partial charge in [-0.15, -0.1) is 0 Å². The van der Waals surface area contributed by atoms with Gasteiger partial charge in [0.15, 0.2) is 0 Å². The molecule has 1 saturated carbocycles. The molecule has 0 bridgehead atoms. The Morgan fingerprint density at radius 2 is 2.05 bits per heavy atom. The van der Waals surface area contributed by atoms with Crippen LogP contribution in [-0.2, 0) is 4.79 Å². The molecule has 21 heavy (non-hydrogen) atoms. The van der Waals surface area contributed by atoms with E-state index in [-0.39, 0.29) is 17.2 Å². The highest BCUT2D eigenvalue weighted by Gasteiger charge is 2.29. The molecule has 1 aliphatic rings. The maximum absolute atomic E-state index is 11.9. The number of carbonyl (C=O) groups is 2. The predicted octanol–water partition coefficient (Wildman–Crippen LogP) is 1.93. The Bertz CT molecular complexity index is 573. The van der Waals surface area contributed by atoms with Gasteiger partial charge in [-0.3, -0.25) is 4.79 Å². The van der Waals surface area contributed by atoms with E-state index in [9.17, 15) is 14.7 Å². The zero-order chi connectivity index (χ0) is 15.6. The molecule has 0 aliphatic heterocycles. The summed E-state index contributed by atoms with van der Waals surface area (Å²) in [5.74, 6) is 0.151. The van der Waals surface area contributed by atoms with E-state index < -0.39 is 5.97 Å². The number of aryl methyl sites for hydroxylation is 1. The summed E-state index contributed by atoms with van der Waals surface area (Å²) in [6.45, 7) is 4.20. The summed E-state index contributed by atoms with van der Waals surface area (Å²) in [4.78, 5) is 33.5. The van der Waals surface area contributed by atoms with Crippen molar-refractivity contribution >= 4 is 23.6 Å². The summed E-state index contributed by atoms with van der Waals surface area (Å²) >= 11 is 1.18. The molecule has 0 saturated heterocycles. The van der Waals surface area contributed by atoms with Crippen molar-refractivity contribution in [2.75, 3.05) is 19.3 Å². The minimum atomic E-state index is -1.05. The summed E-state index contributed by atoms with van der Waals surface area (Å²) in [6.07, 6.45) is 2.10. The first-order chi connectivity index (χ1) is 9.93. The van der Waals surface area contributed by atoms with E-state index in [4.69, 9.17) is 0 Å². The predicted molar refractivity (Wildman–Crippen MR) is 79.7 cm³/mol. The van der Waals surface area contributed by atoms with Crippen molar-refractivity contribution in [3.8, 4) is 0 Å². The largest absolute Gasteiger partial charge is 0.478 e. The number of aromatic carboxylic acids is 1. The first-order valence-electron chi connectivity index (χ1n) is 6.92. The van der Waals surface area contributed by atoms with Crippen LogP contribution >= 0.6 is 11.8 Å². The lowest BCUT2D eigenvalue weighted by Crippen LogP contribution is -2.28. The molecule has 1 aliphatic carbocycles. The molecular weight excluding hydrogens is 290 g/mol. The fraction of sp³-hybridized carbons (Fsp3) is 0.571. The number of carbonyl (C=O) groups excluding carboxylic acids is 1. The van der Waals surface area contributed by atoms with Crippen LogP contribution in [0.3, 0.4) is 0 Å². The summed E-state index contributed by atoms with van der Waals surface area (Å²) in [5.41, 5.74) is 0.578. The lowest BCUT2D eigenvalue weighted by molar-refractivity contribution is -0.126. The van der Waals surface area contributed by atoms with Crippen LogP contribution in [0, 0.1) is 6.92 Å². The highest BCUT2D eigenvalue weighted by atomic mass is 32.2. The monoisotopic (exact) mass is 309 g/mol. The molecule has 6 nitrogen and oxygen atoms in total. The van der Waals surface area contributed by atoms with Crippen LogP contribution in [0.2, 0.25) is 0 Å². The van der Waals surface area contributed by atoms with Gasteiger partial charge in [-0.1, -0.05) is 11.8 Å². The quantitative estimate of drug-likeness (QED) is 0.638. The Labute approximate surface area is 128 Å². The summed E-state index contributed by atoms with van der Waals surface area (Å²) in [6, 6.07) is 0. The number of aromatic nitrogens is 2. The normalized spacial score (nSPS) is 14.0. The first-order valence-corrected chi connectivity index (χ1v) is 7.91. The Hall–Kier alpha value is -1.63. The minimum Gasteiger partial charge on any atom is -0.478 e. The summed E-state index contributed by atoms with van der Waals surface area (Å²) in [5, 5.41) is 9.72. The van der Waals surface area contributed by atoms with Crippen LogP contribution in [0.1, 0.15) is 47.6 Å². The average molecular weight is 309 g/mol. The molecule has 1 aromatic heterocycles. The van der Waals surface area contributed by atoms with Crippen molar-refractivity contribution in [1.82, 2.24) is 14.9 Å². The number of rotatable bonds is 6. The van der Waals surface area contributed by atoms with Crippen molar-refractivity contribution in [3.63, 3.8) is 0 Å². The van der Waals surface area contributed by atoms with Gasteiger partial charge < -0.3 is 10.0 Å². The fourth-order valence-corrected chi connectivity index (χ4v) is 2.88.